The number of carboxylic acids is 1. The van der Waals surface area contributed by atoms with E-state index in [2.05, 4.69) is 15.3 Å². The molecule has 2 aromatic heterocycles. The van der Waals surface area contributed by atoms with E-state index >= 15 is 0 Å². The zero-order chi connectivity index (χ0) is 12.3. The molecule has 0 saturated heterocycles. The lowest BCUT2D eigenvalue weighted by atomic mass is 10.4. The molecule has 0 spiro atoms. The zero-order valence-corrected chi connectivity index (χ0v) is 10.1. The Hall–Kier alpha value is -1.89. The molecule has 0 unspecified atom stereocenters. The minimum Gasteiger partial charge on any atom is -0.477 e. The number of aromatic carboxylic acids is 1. The summed E-state index contributed by atoms with van der Waals surface area (Å²) in [6, 6.07) is 0. The average molecular weight is 252 g/mol. The minimum atomic E-state index is -0.928. The number of aromatic nitrogens is 3. The van der Waals surface area contributed by atoms with Crippen LogP contribution >= 0.6 is 11.3 Å². The molecule has 17 heavy (non-hydrogen) atoms. The SMILES string of the molecule is Cc1nc(NCCn2ccnc2)sc1C(=O)O. The quantitative estimate of drug-likeness (QED) is 0.842. The van der Waals surface area contributed by atoms with Gasteiger partial charge in [-0.15, -0.1) is 0 Å². The fourth-order valence-electron chi connectivity index (χ4n) is 1.38. The highest BCUT2D eigenvalue weighted by molar-refractivity contribution is 7.17. The highest BCUT2D eigenvalue weighted by atomic mass is 32.1. The van der Waals surface area contributed by atoms with Crippen LogP contribution < -0.4 is 5.32 Å². The van der Waals surface area contributed by atoms with Gasteiger partial charge in [0.15, 0.2) is 5.13 Å². The fraction of sp³-hybridized carbons (Fsp3) is 0.300. The molecule has 0 aliphatic heterocycles. The number of imidazole rings is 1. The normalized spacial score (nSPS) is 10.4. The largest absolute Gasteiger partial charge is 0.477 e. The third-order valence-corrected chi connectivity index (χ3v) is 3.30. The van der Waals surface area contributed by atoms with E-state index in [0.717, 1.165) is 17.9 Å². The first-order valence-corrected chi connectivity index (χ1v) is 5.89. The predicted molar refractivity (Wildman–Crippen MR) is 64.5 cm³/mol. The topological polar surface area (TPSA) is 80.0 Å². The van der Waals surface area contributed by atoms with Crippen LogP contribution in [0.25, 0.3) is 0 Å². The van der Waals surface area contributed by atoms with E-state index in [0.29, 0.717) is 17.4 Å². The maximum absolute atomic E-state index is 10.8. The summed E-state index contributed by atoms with van der Waals surface area (Å²) >= 11 is 1.16. The van der Waals surface area contributed by atoms with Crippen molar-refractivity contribution in [3.8, 4) is 0 Å². The van der Waals surface area contributed by atoms with E-state index < -0.39 is 5.97 Å². The monoisotopic (exact) mass is 252 g/mol. The van der Waals surface area contributed by atoms with E-state index in [-0.39, 0.29) is 4.88 Å². The second-order valence-corrected chi connectivity index (χ2v) is 4.47. The first-order valence-electron chi connectivity index (χ1n) is 5.07. The Morgan fingerprint density at radius 3 is 3.06 bits per heavy atom. The van der Waals surface area contributed by atoms with Crippen molar-refractivity contribution in [1.82, 2.24) is 14.5 Å². The molecule has 2 N–H and O–H groups in total. The predicted octanol–water partition coefficient (Wildman–Crippen LogP) is 1.46. The highest BCUT2D eigenvalue weighted by Gasteiger charge is 2.13. The molecule has 2 aromatic rings. The third kappa shape index (κ3) is 2.82. The first kappa shape index (κ1) is 11.6. The number of nitrogens with one attached hydrogen (secondary N) is 1. The number of hydrogen-bond acceptors (Lipinski definition) is 5. The Balaban J connectivity index is 1.91. The summed E-state index contributed by atoms with van der Waals surface area (Å²) in [6.45, 7) is 3.14. The molecular formula is C10H12N4O2S. The smallest absolute Gasteiger partial charge is 0.347 e. The van der Waals surface area contributed by atoms with Gasteiger partial charge in [-0.25, -0.2) is 14.8 Å². The number of hydrogen-bond donors (Lipinski definition) is 2. The van der Waals surface area contributed by atoms with Gasteiger partial charge in [-0.2, -0.15) is 0 Å². The van der Waals surface area contributed by atoms with Crippen LogP contribution in [0.1, 0.15) is 15.4 Å². The second-order valence-electron chi connectivity index (χ2n) is 3.47. The van der Waals surface area contributed by atoms with Crippen LogP contribution in [0.15, 0.2) is 18.7 Å². The number of anilines is 1. The number of rotatable bonds is 5. The Morgan fingerprint density at radius 1 is 1.65 bits per heavy atom. The molecule has 0 aromatic carbocycles. The van der Waals surface area contributed by atoms with Crippen LogP contribution in [-0.4, -0.2) is 32.2 Å². The van der Waals surface area contributed by atoms with Crippen molar-refractivity contribution in [2.45, 2.75) is 13.5 Å². The molecule has 0 radical (unpaired) electrons. The van der Waals surface area contributed by atoms with Crippen molar-refractivity contribution in [3.05, 3.63) is 29.3 Å². The van der Waals surface area contributed by atoms with Crippen molar-refractivity contribution in [3.63, 3.8) is 0 Å². The minimum absolute atomic E-state index is 0.287. The summed E-state index contributed by atoms with van der Waals surface area (Å²) in [5, 5.41) is 12.6. The van der Waals surface area contributed by atoms with Crippen LogP contribution in [0.3, 0.4) is 0 Å². The van der Waals surface area contributed by atoms with Gasteiger partial charge < -0.3 is 15.0 Å². The van der Waals surface area contributed by atoms with E-state index in [1.165, 1.54) is 0 Å². The number of carbonyl (C=O) groups is 1. The van der Waals surface area contributed by atoms with Gasteiger partial charge in [0.05, 0.1) is 12.0 Å². The summed E-state index contributed by atoms with van der Waals surface area (Å²) in [6.07, 6.45) is 5.32. The molecule has 2 rings (SSSR count). The van der Waals surface area contributed by atoms with Gasteiger partial charge in [-0.3, -0.25) is 0 Å². The number of aryl methyl sites for hydroxylation is 1. The molecule has 7 heteroatoms. The lowest BCUT2D eigenvalue weighted by Gasteiger charge is -2.02. The summed E-state index contributed by atoms with van der Waals surface area (Å²) in [7, 11) is 0. The Labute approximate surface area is 102 Å². The molecular weight excluding hydrogens is 240 g/mol. The highest BCUT2D eigenvalue weighted by Crippen LogP contribution is 2.21. The molecule has 2 heterocycles. The molecule has 0 aliphatic carbocycles. The molecule has 0 fully saturated rings. The zero-order valence-electron chi connectivity index (χ0n) is 9.25. The maximum atomic E-state index is 10.8. The first-order chi connectivity index (χ1) is 8.16. The van der Waals surface area contributed by atoms with Crippen LogP contribution in [0.5, 0.6) is 0 Å². The van der Waals surface area contributed by atoms with Crippen molar-refractivity contribution >= 4 is 22.4 Å². The van der Waals surface area contributed by atoms with Crippen molar-refractivity contribution < 1.29 is 9.90 Å². The van der Waals surface area contributed by atoms with Crippen molar-refractivity contribution in [1.29, 1.82) is 0 Å². The number of nitrogens with zero attached hydrogens (tertiary/aromatic N) is 3. The van der Waals surface area contributed by atoms with Gasteiger partial charge in [0.2, 0.25) is 0 Å². The molecule has 6 nitrogen and oxygen atoms in total. The Kier molecular flexibility index (Phi) is 3.38. The van der Waals surface area contributed by atoms with Gasteiger partial charge in [-0.1, -0.05) is 11.3 Å². The van der Waals surface area contributed by atoms with Crippen molar-refractivity contribution in [2.24, 2.45) is 0 Å². The number of carboxylic acid groups (broad SMARTS) is 1. The standard InChI is InChI=1S/C10H12N4O2S/c1-7-8(9(15)16)17-10(13-7)12-3-5-14-4-2-11-6-14/h2,4,6H,3,5H2,1H3,(H,12,13)(H,15,16). The summed E-state index contributed by atoms with van der Waals surface area (Å²) in [4.78, 5) is 19.2. The molecule has 90 valence electrons. The summed E-state index contributed by atoms with van der Waals surface area (Å²) in [5.74, 6) is -0.928. The maximum Gasteiger partial charge on any atom is 0.347 e. The van der Waals surface area contributed by atoms with E-state index in [1.54, 1.807) is 19.4 Å². The Bertz CT molecular complexity index is 506. The lowest BCUT2D eigenvalue weighted by molar-refractivity contribution is 0.0701. The summed E-state index contributed by atoms with van der Waals surface area (Å²) < 4.78 is 1.94. The molecule has 0 bridgehead atoms. The van der Waals surface area contributed by atoms with E-state index in [9.17, 15) is 4.79 Å². The third-order valence-electron chi connectivity index (χ3n) is 2.20. The fourth-order valence-corrected chi connectivity index (χ4v) is 2.21. The molecule has 0 atom stereocenters. The number of thiazole rings is 1. The van der Waals surface area contributed by atoms with Gasteiger partial charge in [0, 0.05) is 25.5 Å². The van der Waals surface area contributed by atoms with E-state index in [4.69, 9.17) is 5.11 Å². The second kappa shape index (κ2) is 4.96. The van der Waals surface area contributed by atoms with Gasteiger partial charge >= 0.3 is 5.97 Å². The molecule has 0 saturated carbocycles. The molecule has 0 aliphatic rings. The van der Waals surface area contributed by atoms with Gasteiger partial charge in [0.1, 0.15) is 4.88 Å². The van der Waals surface area contributed by atoms with Crippen molar-refractivity contribution in [2.75, 3.05) is 11.9 Å². The van der Waals surface area contributed by atoms with Crippen LogP contribution in [0.4, 0.5) is 5.13 Å². The van der Waals surface area contributed by atoms with Gasteiger partial charge in [-0.05, 0) is 6.92 Å². The Morgan fingerprint density at radius 2 is 2.47 bits per heavy atom. The lowest BCUT2D eigenvalue weighted by Crippen LogP contribution is -2.08. The van der Waals surface area contributed by atoms with Crippen LogP contribution in [-0.2, 0) is 6.54 Å². The van der Waals surface area contributed by atoms with E-state index in [1.807, 2.05) is 10.8 Å². The summed E-state index contributed by atoms with van der Waals surface area (Å²) in [5.41, 5.74) is 0.549. The van der Waals surface area contributed by atoms with Crippen LogP contribution in [0, 0.1) is 6.92 Å². The molecule has 0 amide bonds. The average Bonchev–Trinajstić information content (AvgIpc) is 2.88. The van der Waals surface area contributed by atoms with Gasteiger partial charge in [0.25, 0.3) is 0 Å². The van der Waals surface area contributed by atoms with Crippen LogP contribution in [0.2, 0.25) is 0 Å².